The van der Waals surface area contributed by atoms with E-state index >= 15 is 0 Å². The fraction of sp³-hybridized carbons (Fsp3) is 0.652. The number of hydrazine groups is 1. The van der Waals surface area contributed by atoms with Crippen LogP contribution in [0.4, 0.5) is 13.2 Å². The summed E-state index contributed by atoms with van der Waals surface area (Å²) in [4.78, 5) is 27.5. The van der Waals surface area contributed by atoms with Crippen molar-refractivity contribution >= 4 is 21.9 Å². The third-order valence-corrected chi connectivity index (χ3v) is 6.78. The van der Waals surface area contributed by atoms with Gasteiger partial charge in [-0.3, -0.25) is 4.79 Å². The molecule has 9 nitrogen and oxygen atoms in total. The Labute approximate surface area is 209 Å². The van der Waals surface area contributed by atoms with E-state index < -0.39 is 57.2 Å². The van der Waals surface area contributed by atoms with Crippen molar-refractivity contribution in [3.8, 4) is 5.75 Å². The van der Waals surface area contributed by atoms with E-state index in [1.165, 1.54) is 0 Å². The number of halogens is 3. The first-order valence-corrected chi connectivity index (χ1v) is 13.1. The van der Waals surface area contributed by atoms with Gasteiger partial charge in [-0.2, -0.15) is 0 Å². The summed E-state index contributed by atoms with van der Waals surface area (Å²) >= 11 is 0. The number of aliphatic hydroxyl groups excluding tert-OH is 1. The van der Waals surface area contributed by atoms with Gasteiger partial charge < -0.3 is 14.6 Å². The van der Waals surface area contributed by atoms with Crippen LogP contribution in [-0.4, -0.2) is 55.0 Å². The normalized spacial score (nSPS) is 16.0. The molecule has 1 aromatic carbocycles. The number of hydrogen-bond donors (Lipinski definition) is 2. The summed E-state index contributed by atoms with van der Waals surface area (Å²) in [5.74, 6) is -2.15. The molecule has 0 radical (unpaired) electrons. The minimum absolute atomic E-state index is 0.0743. The number of aliphatic hydroxyl groups is 1. The van der Waals surface area contributed by atoms with Gasteiger partial charge in [0.2, 0.25) is 5.91 Å². The van der Waals surface area contributed by atoms with Gasteiger partial charge in [0.05, 0.1) is 4.90 Å². The number of benzene rings is 1. The van der Waals surface area contributed by atoms with Crippen LogP contribution in [0.15, 0.2) is 29.2 Å². The van der Waals surface area contributed by atoms with E-state index in [1.54, 1.807) is 20.8 Å². The van der Waals surface area contributed by atoms with Gasteiger partial charge in [0, 0.05) is 25.5 Å². The van der Waals surface area contributed by atoms with Crippen LogP contribution in [0.1, 0.15) is 65.7 Å². The van der Waals surface area contributed by atoms with Crippen molar-refractivity contribution in [2.75, 3.05) is 6.61 Å². The maximum atomic E-state index is 13.2. The molecule has 2 N–H and O–H groups in total. The van der Waals surface area contributed by atoms with Gasteiger partial charge in [0.25, 0.3) is 10.0 Å². The number of rotatable bonds is 11. The molecular formula is C23H33F3N2O7S. The Kier molecular flexibility index (Phi) is 10.1. The highest BCUT2D eigenvalue weighted by Crippen LogP contribution is 2.29. The van der Waals surface area contributed by atoms with Gasteiger partial charge in [0.15, 0.2) is 0 Å². The molecule has 1 aromatic rings. The largest absolute Gasteiger partial charge is 0.573 e. The highest BCUT2D eigenvalue weighted by Gasteiger charge is 2.37. The summed E-state index contributed by atoms with van der Waals surface area (Å²) in [6.45, 7) is 4.20. The van der Waals surface area contributed by atoms with Crippen molar-refractivity contribution in [2.45, 2.75) is 88.6 Å². The second-order valence-corrected chi connectivity index (χ2v) is 11.3. The maximum absolute atomic E-state index is 13.2. The van der Waals surface area contributed by atoms with Crippen LogP contribution in [0, 0.1) is 5.92 Å². The summed E-state index contributed by atoms with van der Waals surface area (Å²) in [6.07, 6.45) is -1.01. The van der Waals surface area contributed by atoms with Crippen LogP contribution >= 0.6 is 0 Å². The average molecular weight is 539 g/mol. The van der Waals surface area contributed by atoms with Crippen molar-refractivity contribution in [2.24, 2.45) is 5.92 Å². The van der Waals surface area contributed by atoms with Gasteiger partial charge in [-0.05, 0) is 45.2 Å². The molecule has 0 aromatic heterocycles. The summed E-state index contributed by atoms with van der Waals surface area (Å²) in [6, 6.07) is 2.12. The fourth-order valence-corrected chi connectivity index (χ4v) is 5.02. The molecule has 1 aliphatic rings. The van der Waals surface area contributed by atoms with E-state index in [2.05, 4.69) is 4.74 Å². The third-order valence-electron chi connectivity index (χ3n) is 5.47. The second kappa shape index (κ2) is 12.2. The first-order valence-electron chi connectivity index (χ1n) is 11.7. The number of hydrogen-bond acceptors (Lipinski definition) is 7. The number of carbonyl (C=O) groups excluding carboxylic acids is 2. The highest BCUT2D eigenvalue weighted by molar-refractivity contribution is 7.89. The van der Waals surface area contributed by atoms with Gasteiger partial charge in [0.1, 0.15) is 17.4 Å². The standard InChI is InChI=1S/C23H33F3N2O7S/c1-22(2,3)35-21(31)19(13-14-29)28(20(30)12-11-16-7-4-5-8-16)27-36(32,33)18-10-6-9-17(15-18)34-23(24,25)26/h6,9-10,15-16,19,27,29H,4-5,7-8,11-14H2,1-3H3/t19-/m0/s1. The van der Waals surface area contributed by atoms with Crippen molar-refractivity contribution in [3.63, 3.8) is 0 Å². The van der Waals surface area contributed by atoms with Crippen molar-refractivity contribution in [3.05, 3.63) is 24.3 Å². The Bertz CT molecular complexity index is 1000. The number of esters is 1. The molecule has 1 fully saturated rings. The molecule has 204 valence electrons. The molecule has 1 aliphatic carbocycles. The molecule has 36 heavy (non-hydrogen) atoms. The molecular weight excluding hydrogens is 505 g/mol. The van der Waals surface area contributed by atoms with E-state index in [4.69, 9.17) is 4.74 Å². The third kappa shape index (κ3) is 9.58. The van der Waals surface area contributed by atoms with Crippen molar-refractivity contribution < 1.29 is 45.8 Å². The lowest BCUT2D eigenvalue weighted by molar-refractivity contribution is -0.274. The van der Waals surface area contributed by atoms with E-state index in [0.717, 1.165) is 43.9 Å². The number of nitrogens with one attached hydrogen (secondary N) is 1. The lowest BCUT2D eigenvalue weighted by Crippen LogP contribution is -2.56. The van der Waals surface area contributed by atoms with Gasteiger partial charge in [-0.1, -0.05) is 31.7 Å². The molecule has 0 heterocycles. The number of sulfonamides is 1. The molecule has 1 atom stereocenters. The van der Waals surface area contributed by atoms with Gasteiger partial charge in [-0.15, -0.1) is 18.0 Å². The fourth-order valence-electron chi connectivity index (χ4n) is 3.90. The Morgan fingerprint density at radius 2 is 1.83 bits per heavy atom. The van der Waals surface area contributed by atoms with Crippen LogP contribution in [-0.2, 0) is 24.3 Å². The van der Waals surface area contributed by atoms with Crippen molar-refractivity contribution in [1.82, 2.24) is 9.84 Å². The summed E-state index contributed by atoms with van der Waals surface area (Å²) < 4.78 is 73.1. The molecule has 0 saturated heterocycles. The summed E-state index contributed by atoms with van der Waals surface area (Å²) in [5, 5.41) is 10.1. The number of nitrogens with zero attached hydrogens (tertiary/aromatic N) is 1. The molecule has 0 unspecified atom stereocenters. The molecule has 0 bridgehead atoms. The Hall–Kier alpha value is -2.38. The summed E-state index contributed by atoms with van der Waals surface area (Å²) in [7, 11) is -4.64. The molecule has 0 spiro atoms. The molecule has 2 rings (SSSR count). The predicted molar refractivity (Wildman–Crippen MR) is 123 cm³/mol. The van der Waals surface area contributed by atoms with Crippen molar-refractivity contribution in [1.29, 1.82) is 0 Å². The first kappa shape index (κ1) is 29.8. The number of amides is 1. The topological polar surface area (TPSA) is 122 Å². The van der Waals surface area contributed by atoms with E-state index in [1.807, 2.05) is 4.83 Å². The molecule has 0 aliphatic heterocycles. The maximum Gasteiger partial charge on any atom is 0.573 e. The molecule has 13 heteroatoms. The van der Waals surface area contributed by atoms with E-state index in [9.17, 15) is 36.3 Å². The number of carbonyl (C=O) groups is 2. The quantitative estimate of drug-likeness (QED) is 0.326. The minimum Gasteiger partial charge on any atom is -0.458 e. The Balaban J connectivity index is 2.36. The van der Waals surface area contributed by atoms with Gasteiger partial charge in [-0.25, -0.2) is 18.2 Å². The highest BCUT2D eigenvalue weighted by atomic mass is 32.2. The van der Waals surface area contributed by atoms with Crippen LogP contribution in [0.3, 0.4) is 0 Å². The van der Waals surface area contributed by atoms with Crippen LogP contribution in [0.25, 0.3) is 0 Å². The lowest BCUT2D eigenvalue weighted by Gasteiger charge is -2.32. The summed E-state index contributed by atoms with van der Waals surface area (Å²) in [5.41, 5.74) is -0.967. The lowest BCUT2D eigenvalue weighted by atomic mass is 10.0. The van der Waals surface area contributed by atoms with E-state index in [-0.39, 0.29) is 12.8 Å². The zero-order chi connectivity index (χ0) is 27.1. The van der Waals surface area contributed by atoms with Crippen LogP contribution in [0.2, 0.25) is 0 Å². The average Bonchev–Trinajstić information content (AvgIpc) is 3.26. The number of alkyl halides is 3. The van der Waals surface area contributed by atoms with Gasteiger partial charge >= 0.3 is 12.3 Å². The SMILES string of the molecule is CC(C)(C)OC(=O)[C@H](CCO)N(NS(=O)(=O)c1cccc(OC(F)(F)F)c1)C(=O)CCC1CCCC1. The molecule has 1 saturated carbocycles. The second-order valence-electron chi connectivity index (χ2n) is 9.63. The monoisotopic (exact) mass is 538 g/mol. The molecule has 1 amide bonds. The minimum atomic E-state index is -5.04. The Morgan fingerprint density at radius 3 is 2.39 bits per heavy atom. The van der Waals surface area contributed by atoms with Crippen LogP contribution in [0.5, 0.6) is 5.75 Å². The predicted octanol–water partition coefficient (Wildman–Crippen LogP) is 3.67. The zero-order valence-corrected chi connectivity index (χ0v) is 21.3. The Morgan fingerprint density at radius 1 is 1.19 bits per heavy atom. The smallest absolute Gasteiger partial charge is 0.458 e. The van der Waals surface area contributed by atoms with E-state index in [0.29, 0.717) is 23.4 Å². The number of ether oxygens (including phenoxy) is 2. The van der Waals surface area contributed by atoms with Crippen LogP contribution < -0.4 is 9.57 Å². The zero-order valence-electron chi connectivity index (χ0n) is 20.5. The first-order chi connectivity index (χ1) is 16.6.